The van der Waals surface area contributed by atoms with Gasteiger partial charge in [-0.05, 0) is 17.7 Å². The maximum Gasteiger partial charge on any atom is 0.335 e. The Morgan fingerprint density at radius 2 is 1.58 bits per heavy atom. The molecule has 0 saturated carbocycles. The zero-order chi connectivity index (χ0) is 24.0. The SMILES string of the molecule is O=C(O)[C@H]1O[C@@H](O[C@H]2C(=O)c3c(O)cc(O)cc3O[C@H]2c2ccc(O)cc2)[C@H](O)[C@@H](O)[C@@H]1O. The minimum Gasteiger partial charge on any atom is -0.508 e. The Balaban J connectivity index is 1.73. The van der Waals surface area contributed by atoms with E-state index in [1.807, 2.05) is 0 Å². The molecule has 0 radical (unpaired) electrons. The lowest BCUT2D eigenvalue weighted by molar-refractivity contribution is -0.304. The molecule has 0 aromatic heterocycles. The van der Waals surface area contributed by atoms with E-state index in [0.717, 1.165) is 12.1 Å². The zero-order valence-corrected chi connectivity index (χ0v) is 16.7. The number of aromatic hydroxyl groups is 3. The molecule has 176 valence electrons. The number of carbonyl (C=O) groups is 2. The number of phenols is 3. The van der Waals surface area contributed by atoms with Crippen LogP contribution >= 0.6 is 0 Å². The second-order valence-corrected chi connectivity index (χ2v) is 7.62. The Morgan fingerprint density at radius 3 is 2.21 bits per heavy atom. The summed E-state index contributed by atoms with van der Waals surface area (Å²) in [5.41, 5.74) is -0.0335. The molecule has 0 unspecified atom stereocenters. The Morgan fingerprint density at radius 1 is 0.909 bits per heavy atom. The van der Waals surface area contributed by atoms with Crippen LogP contribution in [0.1, 0.15) is 22.0 Å². The maximum absolute atomic E-state index is 13.3. The van der Waals surface area contributed by atoms with Crippen molar-refractivity contribution >= 4 is 11.8 Å². The van der Waals surface area contributed by atoms with E-state index in [1.165, 1.54) is 24.3 Å². The minimum absolute atomic E-state index is 0.0820. The number of aliphatic carboxylic acids is 1. The van der Waals surface area contributed by atoms with Gasteiger partial charge in [0.15, 0.2) is 24.6 Å². The summed E-state index contributed by atoms with van der Waals surface area (Å²) in [7, 11) is 0. The molecule has 1 fully saturated rings. The normalized spacial score (nSPS) is 31.5. The van der Waals surface area contributed by atoms with Gasteiger partial charge in [-0.3, -0.25) is 4.79 Å². The van der Waals surface area contributed by atoms with E-state index in [-0.39, 0.29) is 22.8 Å². The Bertz CT molecular complexity index is 1070. The monoisotopic (exact) mass is 464 g/mol. The summed E-state index contributed by atoms with van der Waals surface area (Å²) in [5.74, 6) is -3.73. The number of fused-ring (bicyclic) bond motifs is 1. The molecule has 2 aromatic carbocycles. The molecule has 12 nitrogen and oxygen atoms in total. The first-order chi connectivity index (χ1) is 15.6. The van der Waals surface area contributed by atoms with Crippen molar-refractivity contribution in [2.45, 2.75) is 42.9 Å². The van der Waals surface area contributed by atoms with Crippen molar-refractivity contribution < 1.29 is 59.5 Å². The van der Waals surface area contributed by atoms with E-state index >= 15 is 0 Å². The van der Waals surface area contributed by atoms with Gasteiger partial charge in [-0.25, -0.2) is 4.79 Å². The van der Waals surface area contributed by atoms with Gasteiger partial charge in [0, 0.05) is 12.1 Å². The van der Waals surface area contributed by atoms with Crippen molar-refractivity contribution in [3.63, 3.8) is 0 Å². The van der Waals surface area contributed by atoms with Crippen LogP contribution in [-0.2, 0) is 14.3 Å². The highest BCUT2D eigenvalue weighted by atomic mass is 16.7. The van der Waals surface area contributed by atoms with Crippen molar-refractivity contribution in [3.05, 3.63) is 47.5 Å². The highest BCUT2D eigenvalue weighted by molar-refractivity contribution is 6.05. The highest BCUT2D eigenvalue weighted by Crippen LogP contribution is 2.43. The molecule has 2 aliphatic heterocycles. The third-order valence-electron chi connectivity index (χ3n) is 5.42. The van der Waals surface area contributed by atoms with Crippen LogP contribution in [0.5, 0.6) is 23.0 Å². The Kier molecular flexibility index (Phi) is 5.86. The number of ketones is 1. The lowest BCUT2D eigenvalue weighted by atomic mass is 9.92. The molecular formula is C21H20O12. The van der Waals surface area contributed by atoms with Gasteiger partial charge in [0.1, 0.15) is 46.9 Å². The number of carboxylic acid groups (broad SMARTS) is 1. The summed E-state index contributed by atoms with van der Waals surface area (Å²) in [5, 5.41) is 68.9. The fourth-order valence-corrected chi connectivity index (χ4v) is 3.75. The van der Waals surface area contributed by atoms with Crippen LogP contribution in [0.2, 0.25) is 0 Å². The molecule has 7 N–H and O–H groups in total. The first kappa shape index (κ1) is 22.8. The summed E-state index contributed by atoms with van der Waals surface area (Å²) in [6.07, 6.45) is -12.6. The maximum atomic E-state index is 13.3. The third kappa shape index (κ3) is 4.05. The lowest BCUT2D eigenvalue weighted by Gasteiger charge is -2.41. The molecule has 1 saturated heterocycles. The van der Waals surface area contributed by atoms with E-state index in [1.54, 1.807) is 0 Å². The number of Topliss-reactive ketones (excluding diaryl/α,β-unsaturated/α-hetero) is 1. The predicted octanol–water partition coefficient (Wildman–Crippen LogP) is -0.603. The van der Waals surface area contributed by atoms with E-state index < -0.39 is 60.4 Å². The molecule has 0 amide bonds. The second-order valence-electron chi connectivity index (χ2n) is 7.62. The molecule has 7 atom stereocenters. The van der Waals surface area contributed by atoms with Crippen LogP contribution in [-0.4, -0.2) is 84.3 Å². The van der Waals surface area contributed by atoms with Gasteiger partial charge in [-0.1, -0.05) is 12.1 Å². The molecule has 2 aliphatic rings. The van der Waals surface area contributed by atoms with Crippen molar-refractivity contribution in [2.75, 3.05) is 0 Å². The standard InChI is InChI=1S/C21H20O12/c22-8-3-1-7(2-4-8)17-18(13(25)12-10(24)5-9(23)6-11(12)31-17)32-21-16(28)14(26)15(27)19(33-21)20(29)30/h1-6,14-19,21-24,26-28H,(H,29,30)/t14-,15-,16+,17-,18-,19-,21+/m0/s1. The van der Waals surface area contributed by atoms with Crippen LogP contribution in [0.15, 0.2) is 36.4 Å². The van der Waals surface area contributed by atoms with Gasteiger partial charge in [0.25, 0.3) is 0 Å². The zero-order valence-electron chi connectivity index (χ0n) is 16.7. The van der Waals surface area contributed by atoms with Crippen LogP contribution in [0.25, 0.3) is 0 Å². The van der Waals surface area contributed by atoms with Gasteiger partial charge in [-0.2, -0.15) is 0 Å². The van der Waals surface area contributed by atoms with E-state index in [0.29, 0.717) is 5.56 Å². The van der Waals surface area contributed by atoms with Crippen molar-refractivity contribution in [1.29, 1.82) is 0 Å². The number of aliphatic hydroxyl groups excluding tert-OH is 3. The number of hydrogen-bond acceptors (Lipinski definition) is 11. The number of phenolic OH excluding ortho intramolecular Hbond substituents is 3. The summed E-state index contributed by atoms with van der Waals surface area (Å²) in [6, 6.07) is 7.44. The van der Waals surface area contributed by atoms with Crippen LogP contribution < -0.4 is 4.74 Å². The van der Waals surface area contributed by atoms with Gasteiger partial charge >= 0.3 is 5.97 Å². The molecule has 12 heteroatoms. The summed E-state index contributed by atoms with van der Waals surface area (Å²) >= 11 is 0. The average molecular weight is 464 g/mol. The lowest BCUT2D eigenvalue weighted by Crippen LogP contribution is -2.61. The number of rotatable bonds is 4. The van der Waals surface area contributed by atoms with E-state index in [4.69, 9.17) is 14.2 Å². The van der Waals surface area contributed by atoms with Gasteiger partial charge in [0.2, 0.25) is 5.78 Å². The van der Waals surface area contributed by atoms with Crippen molar-refractivity contribution in [1.82, 2.24) is 0 Å². The van der Waals surface area contributed by atoms with Crippen LogP contribution in [0, 0.1) is 0 Å². The van der Waals surface area contributed by atoms with Crippen molar-refractivity contribution in [2.24, 2.45) is 0 Å². The summed E-state index contributed by atoms with van der Waals surface area (Å²) in [4.78, 5) is 24.7. The molecule has 2 aromatic rings. The topological polar surface area (TPSA) is 203 Å². The van der Waals surface area contributed by atoms with Crippen molar-refractivity contribution in [3.8, 4) is 23.0 Å². The first-order valence-corrected chi connectivity index (χ1v) is 9.72. The largest absolute Gasteiger partial charge is 0.508 e. The number of carbonyl (C=O) groups excluding carboxylic acids is 1. The molecule has 2 heterocycles. The van der Waals surface area contributed by atoms with Crippen LogP contribution in [0.4, 0.5) is 0 Å². The number of hydrogen-bond donors (Lipinski definition) is 7. The van der Waals surface area contributed by atoms with E-state index in [2.05, 4.69) is 0 Å². The number of carboxylic acids is 1. The van der Waals surface area contributed by atoms with Gasteiger partial charge in [-0.15, -0.1) is 0 Å². The minimum atomic E-state index is -1.96. The quantitative estimate of drug-likeness (QED) is 0.303. The fraction of sp³-hybridized carbons (Fsp3) is 0.333. The molecule has 33 heavy (non-hydrogen) atoms. The number of benzene rings is 2. The van der Waals surface area contributed by atoms with Gasteiger partial charge < -0.3 is 50.0 Å². The first-order valence-electron chi connectivity index (χ1n) is 9.72. The molecule has 0 aliphatic carbocycles. The van der Waals surface area contributed by atoms with E-state index in [9.17, 15) is 45.3 Å². The van der Waals surface area contributed by atoms with Gasteiger partial charge in [0.05, 0.1) is 0 Å². The highest BCUT2D eigenvalue weighted by Gasteiger charge is 2.51. The smallest absolute Gasteiger partial charge is 0.335 e. The van der Waals surface area contributed by atoms with Crippen LogP contribution in [0.3, 0.4) is 0 Å². The number of aliphatic hydroxyl groups is 3. The molecular weight excluding hydrogens is 444 g/mol. The molecule has 4 rings (SSSR count). The Hall–Kier alpha value is -3.42. The number of ether oxygens (including phenoxy) is 3. The molecule has 0 bridgehead atoms. The fourth-order valence-electron chi connectivity index (χ4n) is 3.75. The summed E-state index contributed by atoms with van der Waals surface area (Å²) in [6.45, 7) is 0. The predicted molar refractivity (Wildman–Crippen MR) is 105 cm³/mol. The summed E-state index contributed by atoms with van der Waals surface area (Å²) < 4.78 is 16.5. The average Bonchev–Trinajstić information content (AvgIpc) is 2.75. The third-order valence-corrected chi connectivity index (χ3v) is 5.42. The molecule has 0 spiro atoms. The second kappa shape index (κ2) is 8.50. The Labute approximate surface area is 185 Å².